The Bertz CT molecular complexity index is 498. The van der Waals surface area contributed by atoms with Gasteiger partial charge in [-0.05, 0) is 67.6 Å². The fourth-order valence-corrected chi connectivity index (χ4v) is 6.82. The van der Waals surface area contributed by atoms with Gasteiger partial charge in [0.25, 0.3) is 0 Å². The lowest BCUT2D eigenvalue weighted by atomic mass is 9.46. The van der Waals surface area contributed by atoms with Crippen LogP contribution in [0.3, 0.4) is 0 Å². The molecular formula is C19H27ClO. The zero-order valence-electron chi connectivity index (χ0n) is 13.3. The quantitative estimate of drug-likeness (QED) is 0.455. The maximum Gasteiger partial charge on any atom is 0.139 e. The lowest BCUT2D eigenvalue weighted by Gasteiger charge is -2.58. The fourth-order valence-electron chi connectivity index (χ4n) is 6.53. The molecule has 3 saturated carbocycles. The predicted octanol–water partition coefficient (Wildman–Crippen LogP) is 4.98. The molecule has 1 unspecified atom stereocenters. The van der Waals surface area contributed by atoms with E-state index >= 15 is 0 Å². The molecule has 7 atom stereocenters. The van der Waals surface area contributed by atoms with Gasteiger partial charge in [-0.25, -0.2) is 0 Å². The van der Waals surface area contributed by atoms with E-state index in [4.69, 9.17) is 11.6 Å². The molecule has 1 nitrogen and oxygen atoms in total. The number of ketones is 1. The van der Waals surface area contributed by atoms with Crippen LogP contribution in [0.4, 0.5) is 0 Å². The van der Waals surface area contributed by atoms with Crippen LogP contribution in [-0.2, 0) is 4.79 Å². The predicted molar refractivity (Wildman–Crippen MR) is 86.3 cm³/mol. The van der Waals surface area contributed by atoms with Gasteiger partial charge in [0, 0.05) is 11.8 Å². The minimum Gasteiger partial charge on any atom is -0.299 e. The number of carbonyl (C=O) groups excluding carboxylic acids is 1. The van der Waals surface area contributed by atoms with E-state index in [9.17, 15) is 4.79 Å². The maximum atomic E-state index is 12.4. The second-order valence-corrected chi connectivity index (χ2v) is 9.11. The minimum absolute atomic E-state index is 0.0117. The number of hydrogen-bond donors (Lipinski definition) is 0. The first kappa shape index (κ1) is 14.3. The van der Waals surface area contributed by atoms with E-state index in [-0.39, 0.29) is 10.8 Å². The molecule has 0 bridgehead atoms. The van der Waals surface area contributed by atoms with Crippen molar-refractivity contribution >= 4 is 17.4 Å². The van der Waals surface area contributed by atoms with E-state index in [0.29, 0.717) is 17.1 Å². The van der Waals surface area contributed by atoms with Crippen LogP contribution in [0.5, 0.6) is 0 Å². The summed E-state index contributed by atoms with van der Waals surface area (Å²) in [5, 5.41) is 0.238. The van der Waals surface area contributed by atoms with E-state index in [2.05, 4.69) is 26.0 Å². The number of alkyl halides is 1. The standard InChI is InChI=1S/C19H27ClO/c1-18-9-7-13(20)11-12(18)3-4-14-15-5-6-17(21)19(15,2)10-8-16(14)18/h7,9,12-16H,3-6,8,10-11H2,1-2H3/t12?,13-,14-,15-,16-,18-,19-/m0/s1. The van der Waals surface area contributed by atoms with Crippen molar-refractivity contribution in [3.63, 3.8) is 0 Å². The summed E-state index contributed by atoms with van der Waals surface area (Å²) in [6.07, 6.45) is 12.8. The molecule has 21 heavy (non-hydrogen) atoms. The molecular weight excluding hydrogens is 280 g/mol. The molecule has 0 heterocycles. The molecule has 4 rings (SSSR count). The molecule has 0 radical (unpaired) electrons. The molecule has 4 aliphatic rings. The number of carbonyl (C=O) groups is 1. The van der Waals surface area contributed by atoms with Gasteiger partial charge >= 0.3 is 0 Å². The summed E-state index contributed by atoms with van der Waals surface area (Å²) in [5.41, 5.74) is 0.346. The van der Waals surface area contributed by atoms with Crippen LogP contribution in [0.1, 0.15) is 58.8 Å². The summed E-state index contributed by atoms with van der Waals surface area (Å²) in [4.78, 5) is 12.4. The van der Waals surface area contributed by atoms with Crippen molar-refractivity contribution in [3.8, 4) is 0 Å². The Morgan fingerprint density at radius 2 is 1.95 bits per heavy atom. The van der Waals surface area contributed by atoms with E-state index < -0.39 is 0 Å². The fraction of sp³-hybridized carbons (Fsp3) is 0.842. The lowest BCUT2D eigenvalue weighted by Crippen LogP contribution is -2.52. The first-order valence-corrected chi connectivity index (χ1v) is 9.25. The van der Waals surface area contributed by atoms with E-state index in [1.807, 2.05) is 0 Å². The summed E-state index contributed by atoms with van der Waals surface area (Å²) in [5.74, 6) is 3.52. The highest BCUT2D eigenvalue weighted by Crippen LogP contribution is 2.64. The van der Waals surface area contributed by atoms with Crippen molar-refractivity contribution in [2.45, 2.75) is 64.2 Å². The van der Waals surface area contributed by atoms with Crippen LogP contribution in [0, 0.1) is 34.5 Å². The van der Waals surface area contributed by atoms with Crippen LogP contribution in [0.15, 0.2) is 12.2 Å². The third-order valence-corrected chi connectivity index (χ3v) is 8.17. The smallest absolute Gasteiger partial charge is 0.139 e. The third kappa shape index (κ3) is 1.85. The molecule has 4 aliphatic carbocycles. The molecule has 0 aromatic rings. The van der Waals surface area contributed by atoms with Crippen LogP contribution in [0.25, 0.3) is 0 Å². The molecule has 0 aliphatic heterocycles. The molecule has 0 saturated heterocycles. The number of Topliss-reactive ketones (excluding diaryl/α,β-unsaturated/α-hetero) is 1. The van der Waals surface area contributed by atoms with Crippen molar-refractivity contribution in [1.82, 2.24) is 0 Å². The molecule has 0 aromatic heterocycles. The Morgan fingerprint density at radius 1 is 1.14 bits per heavy atom. The molecule has 0 N–H and O–H groups in total. The summed E-state index contributed by atoms with van der Waals surface area (Å²) >= 11 is 6.37. The number of rotatable bonds is 0. The SMILES string of the molecule is C[C@]12C=C[C@H](Cl)CC1CC[C@@H]1[C@@H]2CC[C@]2(C)C(=O)CC[C@@H]12. The van der Waals surface area contributed by atoms with Crippen molar-refractivity contribution in [2.75, 3.05) is 0 Å². The number of allylic oxidation sites excluding steroid dienone is 2. The molecule has 0 spiro atoms. The van der Waals surface area contributed by atoms with Crippen molar-refractivity contribution in [1.29, 1.82) is 0 Å². The van der Waals surface area contributed by atoms with E-state index in [0.717, 1.165) is 43.4 Å². The van der Waals surface area contributed by atoms with Crippen molar-refractivity contribution in [2.24, 2.45) is 34.5 Å². The average Bonchev–Trinajstić information content (AvgIpc) is 2.76. The summed E-state index contributed by atoms with van der Waals surface area (Å²) in [7, 11) is 0. The number of fused-ring (bicyclic) bond motifs is 5. The third-order valence-electron chi connectivity index (χ3n) is 7.85. The Balaban J connectivity index is 1.68. The van der Waals surface area contributed by atoms with Gasteiger partial charge in [0.1, 0.15) is 5.78 Å². The first-order valence-electron chi connectivity index (χ1n) is 8.82. The van der Waals surface area contributed by atoms with Crippen LogP contribution in [0.2, 0.25) is 0 Å². The van der Waals surface area contributed by atoms with Gasteiger partial charge in [-0.15, -0.1) is 11.6 Å². The second-order valence-electron chi connectivity index (χ2n) is 8.55. The molecule has 0 aromatic carbocycles. The molecule has 116 valence electrons. The lowest BCUT2D eigenvalue weighted by molar-refractivity contribution is -0.134. The molecule has 0 amide bonds. The van der Waals surface area contributed by atoms with Gasteiger partial charge in [-0.2, -0.15) is 0 Å². The highest BCUT2D eigenvalue weighted by atomic mass is 35.5. The average molecular weight is 307 g/mol. The zero-order chi connectivity index (χ0) is 14.8. The van der Waals surface area contributed by atoms with Crippen molar-refractivity contribution < 1.29 is 4.79 Å². The maximum absolute atomic E-state index is 12.4. The zero-order valence-corrected chi connectivity index (χ0v) is 14.0. The molecule has 2 heteroatoms. The summed E-state index contributed by atoms with van der Waals surface area (Å²) in [6, 6.07) is 0. The van der Waals surface area contributed by atoms with Crippen molar-refractivity contribution in [3.05, 3.63) is 12.2 Å². The Hall–Kier alpha value is -0.300. The monoisotopic (exact) mass is 306 g/mol. The Morgan fingerprint density at radius 3 is 2.76 bits per heavy atom. The van der Waals surface area contributed by atoms with Gasteiger partial charge in [-0.3, -0.25) is 4.79 Å². The topological polar surface area (TPSA) is 17.1 Å². The number of halogens is 1. The van der Waals surface area contributed by atoms with Gasteiger partial charge < -0.3 is 0 Å². The summed E-state index contributed by atoms with van der Waals surface area (Å²) in [6.45, 7) is 4.75. The van der Waals surface area contributed by atoms with Crippen LogP contribution < -0.4 is 0 Å². The van der Waals surface area contributed by atoms with Gasteiger partial charge in [0.2, 0.25) is 0 Å². The summed E-state index contributed by atoms with van der Waals surface area (Å²) < 4.78 is 0. The Labute approximate surface area is 133 Å². The Kier molecular flexibility index (Phi) is 3.13. The largest absolute Gasteiger partial charge is 0.299 e. The van der Waals surface area contributed by atoms with Gasteiger partial charge in [-0.1, -0.05) is 26.0 Å². The minimum atomic E-state index is 0.0117. The highest BCUT2D eigenvalue weighted by molar-refractivity contribution is 6.21. The van der Waals surface area contributed by atoms with E-state index in [1.54, 1.807) is 0 Å². The van der Waals surface area contributed by atoms with Gasteiger partial charge in [0.05, 0.1) is 5.38 Å². The highest BCUT2D eigenvalue weighted by Gasteiger charge is 2.59. The number of hydrogen-bond acceptors (Lipinski definition) is 1. The van der Waals surface area contributed by atoms with Crippen LogP contribution >= 0.6 is 11.6 Å². The van der Waals surface area contributed by atoms with E-state index in [1.165, 1.54) is 19.3 Å². The van der Waals surface area contributed by atoms with Crippen LogP contribution in [-0.4, -0.2) is 11.2 Å². The first-order chi connectivity index (χ1) is 9.95. The van der Waals surface area contributed by atoms with Gasteiger partial charge in [0.15, 0.2) is 0 Å². The second kappa shape index (κ2) is 4.60. The molecule has 3 fully saturated rings. The normalized spacial score (nSPS) is 55.8.